The van der Waals surface area contributed by atoms with E-state index in [1.54, 1.807) is 6.07 Å². The van der Waals surface area contributed by atoms with Gasteiger partial charge in [-0.15, -0.1) is 0 Å². The Hall–Kier alpha value is -2.42. The number of para-hydroxylation sites is 1. The highest BCUT2D eigenvalue weighted by Crippen LogP contribution is 2.42. The van der Waals surface area contributed by atoms with Gasteiger partial charge in [0.25, 0.3) is 0 Å². The minimum Gasteiger partial charge on any atom is -0.465 e. The van der Waals surface area contributed by atoms with Gasteiger partial charge in [0.2, 0.25) is 0 Å². The molecule has 0 spiro atoms. The molecule has 0 amide bonds. The number of fused-ring (bicyclic) bond motifs is 1. The first-order valence-corrected chi connectivity index (χ1v) is 10.00. The van der Waals surface area contributed by atoms with Gasteiger partial charge < -0.3 is 4.74 Å². The van der Waals surface area contributed by atoms with Gasteiger partial charge >= 0.3 is 5.97 Å². The number of benzene rings is 2. The standard InChI is InChI=1S/C25H31NO2/c1-24(2,3)18-15-17(19-11-13-25(4,5)21(19)16-18)12-14-26-22-10-8-7-9-20(22)23(27)28-6/h7-10,14-16H,11-13H2,1-6H3. The van der Waals surface area contributed by atoms with Crippen LogP contribution in [-0.2, 0) is 28.4 Å². The number of carbonyl (C=O) groups is 1. The van der Waals surface area contributed by atoms with E-state index in [2.05, 4.69) is 51.7 Å². The van der Waals surface area contributed by atoms with E-state index in [0.717, 1.165) is 12.8 Å². The zero-order chi connectivity index (χ0) is 20.5. The monoisotopic (exact) mass is 377 g/mol. The van der Waals surface area contributed by atoms with Crippen molar-refractivity contribution in [2.24, 2.45) is 4.99 Å². The van der Waals surface area contributed by atoms with Crippen LogP contribution < -0.4 is 0 Å². The normalized spacial score (nSPS) is 15.6. The molecule has 0 saturated carbocycles. The van der Waals surface area contributed by atoms with Crippen LogP contribution in [0.3, 0.4) is 0 Å². The highest BCUT2D eigenvalue weighted by molar-refractivity contribution is 5.95. The van der Waals surface area contributed by atoms with Gasteiger partial charge in [-0.2, -0.15) is 0 Å². The molecule has 0 bridgehead atoms. The Morgan fingerprint density at radius 3 is 2.61 bits per heavy atom. The van der Waals surface area contributed by atoms with E-state index in [0.29, 0.717) is 11.3 Å². The minimum atomic E-state index is -0.356. The topological polar surface area (TPSA) is 38.7 Å². The van der Waals surface area contributed by atoms with Crippen LogP contribution in [0, 0.1) is 0 Å². The van der Waals surface area contributed by atoms with Crippen LogP contribution in [0.1, 0.15) is 73.7 Å². The Labute approximate surface area is 168 Å². The van der Waals surface area contributed by atoms with E-state index in [9.17, 15) is 4.79 Å². The number of hydrogen-bond acceptors (Lipinski definition) is 3. The molecule has 0 aliphatic heterocycles. The second kappa shape index (κ2) is 7.54. The van der Waals surface area contributed by atoms with Crippen molar-refractivity contribution >= 4 is 17.9 Å². The first kappa shape index (κ1) is 20.3. The average Bonchev–Trinajstić information content (AvgIpc) is 2.96. The number of methoxy groups -OCH3 is 1. The smallest absolute Gasteiger partial charge is 0.340 e. The van der Waals surface area contributed by atoms with Crippen molar-refractivity contribution in [1.82, 2.24) is 0 Å². The summed E-state index contributed by atoms with van der Waals surface area (Å²) in [5.74, 6) is -0.356. The molecule has 1 aliphatic rings. The molecule has 0 fully saturated rings. The number of esters is 1. The summed E-state index contributed by atoms with van der Waals surface area (Å²) in [5.41, 5.74) is 7.17. The molecule has 148 valence electrons. The quantitative estimate of drug-likeness (QED) is 0.488. The molecule has 0 aromatic heterocycles. The van der Waals surface area contributed by atoms with E-state index in [-0.39, 0.29) is 16.8 Å². The number of nitrogens with zero attached hydrogens (tertiary/aromatic N) is 1. The van der Waals surface area contributed by atoms with E-state index in [1.807, 2.05) is 24.4 Å². The fourth-order valence-electron chi connectivity index (χ4n) is 3.93. The van der Waals surface area contributed by atoms with Crippen LogP contribution in [0.5, 0.6) is 0 Å². The molecular weight excluding hydrogens is 346 g/mol. The summed E-state index contributed by atoms with van der Waals surface area (Å²) >= 11 is 0. The number of carbonyl (C=O) groups excluding carboxylic acids is 1. The molecule has 2 aromatic carbocycles. The van der Waals surface area contributed by atoms with Crippen molar-refractivity contribution < 1.29 is 9.53 Å². The van der Waals surface area contributed by atoms with Gasteiger partial charge in [-0.3, -0.25) is 4.99 Å². The van der Waals surface area contributed by atoms with Crippen molar-refractivity contribution in [3.8, 4) is 0 Å². The van der Waals surface area contributed by atoms with Crippen molar-refractivity contribution in [1.29, 1.82) is 0 Å². The molecule has 0 radical (unpaired) electrons. The van der Waals surface area contributed by atoms with E-state index in [4.69, 9.17) is 4.74 Å². The number of aliphatic imine (C=N–C) groups is 1. The average molecular weight is 378 g/mol. The highest BCUT2D eigenvalue weighted by Gasteiger charge is 2.32. The van der Waals surface area contributed by atoms with Crippen molar-refractivity contribution in [2.45, 2.75) is 64.7 Å². The third-order valence-corrected chi connectivity index (χ3v) is 5.79. The maximum Gasteiger partial charge on any atom is 0.340 e. The molecule has 28 heavy (non-hydrogen) atoms. The summed E-state index contributed by atoms with van der Waals surface area (Å²) in [7, 11) is 1.39. The highest BCUT2D eigenvalue weighted by atomic mass is 16.5. The van der Waals surface area contributed by atoms with Crippen molar-refractivity contribution in [3.05, 3.63) is 64.2 Å². The van der Waals surface area contributed by atoms with Crippen LogP contribution in [0.25, 0.3) is 0 Å². The lowest BCUT2D eigenvalue weighted by molar-refractivity contribution is 0.0601. The Balaban J connectivity index is 1.95. The van der Waals surface area contributed by atoms with Crippen molar-refractivity contribution in [3.63, 3.8) is 0 Å². The minimum absolute atomic E-state index is 0.108. The third-order valence-electron chi connectivity index (χ3n) is 5.79. The summed E-state index contributed by atoms with van der Waals surface area (Å²) < 4.78 is 4.87. The van der Waals surface area contributed by atoms with Crippen molar-refractivity contribution in [2.75, 3.05) is 7.11 Å². The molecule has 1 aliphatic carbocycles. The van der Waals surface area contributed by atoms with Gasteiger partial charge in [0.15, 0.2) is 0 Å². The van der Waals surface area contributed by atoms with Gasteiger partial charge in [-0.05, 0) is 58.1 Å². The summed E-state index contributed by atoms with van der Waals surface area (Å²) in [5, 5.41) is 0. The van der Waals surface area contributed by atoms with E-state index >= 15 is 0 Å². The molecule has 3 rings (SSSR count). The Morgan fingerprint density at radius 1 is 1.21 bits per heavy atom. The molecule has 0 atom stereocenters. The second-order valence-electron chi connectivity index (χ2n) is 9.32. The molecule has 0 heterocycles. The van der Waals surface area contributed by atoms with Gasteiger partial charge in [0.1, 0.15) is 0 Å². The van der Waals surface area contributed by atoms with Crippen LogP contribution >= 0.6 is 0 Å². The summed E-state index contributed by atoms with van der Waals surface area (Å²) in [4.78, 5) is 16.5. The Bertz CT molecular complexity index is 917. The molecule has 0 saturated heterocycles. The SMILES string of the molecule is COC(=O)c1ccccc1N=CCc1cc(C(C)(C)C)cc2c1CCC2(C)C. The molecule has 0 N–H and O–H groups in total. The first-order valence-electron chi connectivity index (χ1n) is 10.00. The third kappa shape index (κ3) is 4.04. The molecule has 3 heteroatoms. The van der Waals surface area contributed by atoms with Crippen LogP contribution in [0.4, 0.5) is 5.69 Å². The predicted molar refractivity (Wildman–Crippen MR) is 116 cm³/mol. The summed E-state index contributed by atoms with van der Waals surface area (Å²) in [6, 6.07) is 12.1. The largest absolute Gasteiger partial charge is 0.465 e. The second-order valence-corrected chi connectivity index (χ2v) is 9.32. The predicted octanol–water partition coefficient (Wildman–Crippen LogP) is 5.94. The fourth-order valence-corrected chi connectivity index (χ4v) is 3.93. The van der Waals surface area contributed by atoms with Gasteiger partial charge in [-0.25, -0.2) is 4.79 Å². The Morgan fingerprint density at radius 2 is 1.93 bits per heavy atom. The summed E-state index contributed by atoms with van der Waals surface area (Å²) in [6.07, 6.45) is 4.99. The lowest BCUT2D eigenvalue weighted by Crippen LogP contribution is -2.17. The fraction of sp³-hybridized carbons (Fsp3) is 0.440. The Kier molecular flexibility index (Phi) is 5.47. The van der Waals surface area contributed by atoms with Gasteiger partial charge in [0, 0.05) is 12.6 Å². The zero-order valence-corrected chi connectivity index (χ0v) is 17.9. The summed E-state index contributed by atoms with van der Waals surface area (Å²) in [6.45, 7) is 11.5. The van der Waals surface area contributed by atoms with E-state index in [1.165, 1.54) is 35.8 Å². The lowest BCUT2D eigenvalue weighted by Gasteiger charge is -2.26. The van der Waals surface area contributed by atoms with Gasteiger partial charge in [0.05, 0.1) is 18.4 Å². The zero-order valence-electron chi connectivity index (χ0n) is 17.9. The number of ether oxygens (including phenoxy) is 1. The maximum atomic E-state index is 12.0. The van der Waals surface area contributed by atoms with Gasteiger partial charge in [-0.1, -0.05) is 58.9 Å². The number of hydrogen-bond donors (Lipinski definition) is 0. The van der Waals surface area contributed by atoms with Crippen LogP contribution in [0.2, 0.25) is 0 Å². The van der Waals surface area contributed by atoms with Crippen LogP contribution in [0.15, 0.2) is 41.4 Å². The van der Waals surface area contributed by atoms with E-state index < -0.39 is 0 Å². The maximum absolute atomic E-state index is 12.0. The molecular formula is C25H31NO2. The molecule has 2 aromatic rings. The van der Waals surface area contributed by atoms with Crippen LogP contribution in [-0.4, -0.2) is 19.3 Å². The lowest BCUT2D eigenvalue weighted by atomic mass is 9.79. The first-order chi connectivity index (χ1) is 13.1. The molecule has 3 nitrogen and oxygen atoms in total. The molecule has 0 unspecified atom stereocenters. The number of rotatable bonds is 4.